The Morgan fingerprint density at radius 3 is 3.00 bits per heavy atom. The van der Waals surface area contributed by atoms with Crippen LogP contribution in [0.1, 0.15) is 30.9 Å². The molecule has 3 heteroatoms. The lowest BCUT2D eigenvalue weighted by Crippen LogP contribution is -2.33. The molecule has 1 fully saturated rings. The van der Waals surface area contributed by atoms with Crippen molar-refractivity contribution < 1.29 is 0 Å². The number of hydrogen-bond donors (Lipinski definition) is 1. The molecule has 88 valence electrons. The van der Waals surface area contributed by atoms with Gasteiger partial charge in [-0.05, 0) is 36.4 Å². The third-order valence-electron chi connectivity index (χ3n) is 3.23. The summed E-state index contributed by atoms with van der Waals surface area (Å²) in [4.78, 5) is 6.75. The van der Waals surface area contributed by atoms with Crippen LogP contribution in [0.3, 0.4) is 0 Å². The molecule has 1 aliphatic heterocycles. The average Bonchev–Trinajstić information content (AvgIpc) is 2.29. The molecule has 0 saturated carbocycles. The van der Waals surface area contributed by atoms with Gasteiger partial charge in [0.1, 0.15) is 0 Å². The van der Waals surface area contributed by atoms with Crippen LogP contribution in [-0.2, 0) is 13.1 Å². The molecule has 1 atom stereocenters. The van der Waals surface area contributed by atoms with E-state index in [2.05, 4.69) is 22.9 Å². The predicted molar refractivity (Wildman–Crippen MR) is 65.8 cm³/mol. The smallest absolute Gasteiger partial charge is 0.0313 e. The fourth-order valence-electron chi connectivity index (χ4n) is 2.43. The quantitative estimate of drug-likeness (QED) is 0.842. The van der Waals surface area contributed by atoms with Gasteiger partial charge in [0, 0.05) is 32.0 Å². The number of rotatable bonds is 3. The van der Waals surface area contributed by atoms with E-state index in [4.69, 9.17) is 5.73 Å². The zero-order chi connectivity index (χ0) is 11.4. The van der Waals surface area contributed by atoms with Crippen molar-refractivity contribution >= 4 is 0 Å². The van der Waals surface area contributed by atoms with E-state index in [-0.39, 0.29) is 0 Å². The van der Waals surface area contributed by atoms with Crippen molar-refractivity contribution in [3.8, 4) is 0 Å². The van der Waals surface area contributed by atoms with Gasteiger partial charge in [0.2, 0.25) is 0 Å². The Morgan fingerprint density at radius 2 is 2.25 bits per heavy atom. The molecule has 2 N–H and O–H groups in total. The number of aromatic nitrogens is 1. The summed E-state index contributed by atoms with van der Waals surface area (Å²) in [5, 5.41) is 0. The average molecular weight is 219 g/mol. The lowest BCUT2D eigenvalue weighted by Gasteiger charge is -2.30. The molecule has 3 nitrogen and oxygen atoms in total. The van der Waals surface area contributed by atoms with Crippen LogP contribution in [0, 0.1) is 5.92 Å². The fraction of sp³-hybridized carbons (Fsp3) is 0.615. The first-order valence-electron chi connectivity index (χ1n) is 6.13. The summed E-state index contributed by atoms with van der Waals surface area (Å²) in [5.41, 5.74) is 8.04. The van der Waals surface area contributed by atoms with Gasteiger partial charge in [0.15, 0.2) is 0 Å². The highest BCUT2D eigenvalue weighted by Crippen LogP contribution is 2.17. The summed E-state index contributed by atoms with van der Waals surface area (Å²) in [7, 11) is 0. The molecular formula is C13H21N3. The number of piperidine rings is 1. The maximum atomic E-state index is 5.62. The molecule has 1 aromatic heterocycles. The number of hydrogen-bond acceptors (Lipinski definition) is 3. The van der Waals surface area contributed by atoms with Gasteiger partial charge >= 0.3 is 0 Å². The number of pyridine rings is 1. The monoisotopic (exact) mass is 219 g/mol. The SMILES string of the molecule is CC1CCCN(Cc2cncc(CN)c2)C1. The van der Waals surface area contributed by atoms with E-state index >= 15 is 0 Å². The van der Waals surface area contributed by atoms with Crippen molar-refractivity contribution in [3.05, 3.63) is 29.6 Å². The van der Waals surface area contributed by atoms with Crippen molar-refractivity contribution in [2.24, 2.45) is 11.7 Å². The van der Waals surface area contributed by atoms with Crippen LogP contribution < -0.4 is 5.73 Å². The topological polar surface area (TPSA) is 42.2 Å². The second kappa shape index (κ2) is 5.41. The number of nitrogens with two attached hydrogens (primary N) is 1. The summed E-state index contributed by atoms with van der Waals surface area (Å²) in [6.07, 6.45) is 6.50. The molecule has 1 unspecified atom stereocenters. The second-order valence-corrected chi connectivity index (χ2v) is 4.89. The summed E-state index contributed by atoms with van der Waals surface area (Å²) in [5.74, 6) is 0.833. The lowest BCUT2D eigenvalue weighted by molar-refractivity contribution is 0.176. The molecule has 1 aromatic rings. The van der Waals surface area contributed by atoms with E-state index in [1.165, 1.54) is 31.5 Å². The van der Waals surface area contributed by atoms with E-state index in [1.54, 1.807) is 0 Å². The second-order valence-electron chi connectivity index (χ2n) is 4.89. The molecule has 0 bridgehead atoms. The normalized spacial score (nSPS) is 22.2. The zero-order valence-corrected chi connectivity index (χ0v) is 10.0. The minimum absolute atomic E-state index is 0.581. The zero-order valence-electron chi connectivity index (χ0n) is 10.0. The van der Waals surface area contributed by atoms with E-state index in [9.17, 15) is 0 Å². The minimum Gasteiger partial charge on any atom is -0.326 e. The van der Waals surface area contributed by atoms with Gasteiger partial charge in [-0.3, -0.25) is 9.88 Å². The van der Waals surface area contributed by atoms with Crippen LogP contribution in [0.15, 0.2) is 18.5 Å². The molecule has 1 aliphatic rings. The summed E-state index contributed by atoms with van der Waals surface area (Å²) < 4.78 is 0. The highest BCUT2D eigenvalue weighted by molar-refractivity contribution is 5.17. The van der Waals surface area contributed by atoms with Crippen LogP contribution in [0.4, 0.5) is 0 Å². The van der Waals surface area contributed by atoms with Crippen LogP contribution >= 0.6 is 0 Å². The Labute approximate surface area is 97.7 Å². The number of nitrogens with zero attached hydrogens (tertiary/aromatic N) is 2. The van der Waals surface area contributed by atoms with E-state index in [0.29, 0.717) is 6.54 Å². The third-order valence-corrected chi connectivity index (χ3v) is 3.23. The number of likely N-dealkylation sites (tertiary alicyclic amines) is 1. The molecule has 0 aromatic carbocycles. The summed E-state index contributed by atoms with van der Waals surface area (Å²) in [6, 6.07) is 2.17. The van der Waals surface area contributed by atoms with Gasteiger partial charge in [-0.2, -0.15) is 0 Å². The van der Waals surface area contributed by atoms with Gasteiger partial charge in [0.05, 0.1) is 0 Å². The lowest BCUT2D eigenvalue weighted by atomic mass is 10.00. The van der Waals surface area contributed by atoms with Gasteiger partial charge in [-0.25, -0.2) is 0 Å². The predicted octanol–water partition coefficient (Wildman–Crippen LogP) is 1.77. The first-order chi connectivity index (χ1) is 7.78. The van der Waals surface area contributed by atoms with Gasteiger partial charge in [-0.1, -0.05) is 13.0 Å². The van der Waals surface area contributed by atoms with Crippen molar-refractivity contribution in [3.63, 3.8) is 0 Å². The molecular weight excluding hydrogens is 198 g/mol. The van der Waals surface area contributed by atoms with Crippen LogP contribution in [-0.4, -0.2) is 23.0 Å². The molecule has 2 heterocycles. The molecule has 0 aliphatic carbocycles. The van der Waals surface area contributed by atoms with Crippen LogP contribution in [0.25, 0.3) is 0 Å². The molecule has 0 amide bonds. The van der Waals surface area contributed by atoms with E-state index in [1.807, 2.05) is 12.4 Å². The maximum Gasteiger partial charge on any atom is 0.0313 e. The molecule has 1 saturated heterocycles. The highest BCUT2D eigenvalue weighted by Gasteiger charge is 2.16. The summed E-state index contributed by atoms with van der Waals surface area (Å²) >= 11 is 0. The minimum atomic E-state index is 0.581. The standard InChI is InChI=1S/C13H21N3/c1-11-3-2-4-16(9-11)10-13-5-12(6-14)7-15-8-13/h5,7-8,11H,2-4,6,9-10,14H2,1H3. The maximum absolute atomic E-state index is 5.62. The van der Waals surface area contributed by atoms with Gasteiger partial charge < -0.3 is 5.73 Å². The van der Waals surface area contributed by atoms with E-state index < -0.39 is 0 Å². The van der Waals surface area contributed by atoms with Crippen molar-refractivity contribution in [1.29, 1.82) is 0 Å². The van der Waals surface area contributed by atoms with Gasteiger partial charge in [0.25, 0.3) is 0 Å². The Bertz CT molecular complexity index is 338. The van der Waals surface area contributed by atoms with Crippen molar-refractivity contribution in [2.75, 3.05) is 13.1 Å². The Morgan fingerprint density at radius 1 is 1.44 bits per heavy atom. The Balaban J connectivity index is 1.97. The van der Waals surface area contributed by atoms with Crippen molar-refractivity contribution in [1.82, 2.24) is 9.88 Å². The molecule has 2 rings (SSSR count). The summed E-state index contributed by atoms with van der Waals surface area (Å²) in [6.45, 7) is 6.37. The molecule has 0 spiro atoms. The third kappa shape index (κ3) is 3.03. The van der Waals surface area contributed by atoms with Crippen LogP contribution in [0.5, 0.6) is 0 Å². The highest BCUT2D eigenvalue weighted by atomic mass is 15.1. The molecule has 16 heavy (non-hydrogen) atoms. The largest absolute Gasteiger partial charge is 0.326 e. The first-order valence-corrected chi connectivity index (χ1v) is 6.13. The van der Waals surface area contributed by atoms with Crippen molar-refractivity contribution in [2.45, 2.75) is 32.9 Å². The Kier molecular flexibility index (Phi) is 3.91. The first kappa shape index (κ1) is 11.6. The van der Waals surface area contributed by atoms with Crippen LogP contribution in [0.2, 0.25) is 0 Å². The molecule has 0 radical (unpaired) electrons. The Hall–Kier alpha value is -0.930. The fourth-order valence-corrected chi connectivity index (χ4v) is 2.43. The van der Waals surface area contributed by atoms with Gasteiger partial charge in [-0.15, -0.1) is 0 Å². The van der Waals surface area contributed by atoms with E-state index in [0.717, 1.165) is 18.0 Å².